The van der Waals surface area contributed by atoms with E-state index < -0.39 is 9.84 Å². The summed E-state index contributed by atoms with van der Waals surface area (Å²) >= 11 is 0. The minimum Gasteiger partial charge on any atom is -0.497 e. The molecule has 0 atom stereocenters. The fourth-order valence-electron chi connectivity index (χ4n) is 3.44. The van der Waals surface area contributed by atoms with Gasteiger partial charge < -0.3 is 9.30 Å². The lowest BCUT2D eigenvalue weighted by Crippen LogP contribution is -2.28. The number of aromatic nitrogens is 1. The van der Waals surface area contributed by atoms with Crippen molar-refractivity contribution in [2.75, 3.05) is 12.9 Å². The van der Waals surface area contributed by atoms with Gasteiger partial charge in [0.05, 0.1) is 23.9 Å². The first-order chi connectivity index (χ1) is 12.0. The van der Waals surface area contributed by atoms with Crippen molar-refractivity contribution in [1.82, 2.24) is 4.57 Å². The van der Waals surface area contributed by atoms with Crippen molar-refractivity contribution in [3.05, 3.63) is 58.8 Å². The highest BCUT2D eigenvalue weighted by Gasteiger charge is 2.31. The second-order valence-electron chi connectivity index (χ2n) is 6.08. The maximum Gasteiger partial charge on any atom is 0.198 e. The SMILES string of the molecule is COc1ccc2c(=O)c(-c3ccccc3)c3n(c2c1)CCCS3(=O)=O. The summed E-state index contributed by atoms with van der Waals surface area (Å²) in [6.07, 6.45) is 0.527. The van der Waals surface area contributed by atoms with Crippen molar-refractivity contribution in [3.63, 3.8) is 0 Å². The van der Waals surface area contributed by atoms with Gasteiger partial charge in [-0.25, -0.2) is 8.42 Å². The van der Waals surface area contributed by atoms with Gasteiger partial charge in [0.2, 0.25) is 0 Å². The second-order valence-corrected chi connectivity index (χ2v) is 8.11. The lowest BCUT2D eigenvalue weighted by atomic mass is 10.0. The zero-order chi connectivity index (χ0) is 17.6. The Hall–Kier alpha value is -2.60. The van der Waals surface area contributed by atoms with E-state index >= 15 is 0 Å². The Kier molecular flexibility index (Phi) is 3.65. The molecular weight excluding hydrogens is 338 g/mol. The van der Waals surface area contributed by atoms with Gasteiger partial charge in [-0.15, -0.1) is 0 Å². The lowest BCUT2D eigenvalue weighted by molar-refractivity contribution is 0.415. The molecule has 6 heteroatoms. The van der Waals surface area contributed by atoms with Gasteiger partial charge in [0.25, 0.3) is 0 Å². The smallest absolute Gasteiger partial charge is 0.198 e. The molecule has 0 unspecified atom stereocenters. The average molecular weight is 355 g/mol. The standard InChI is InChI=1S/C19H17NO4S/c1-24-14-8-9-15-16(12-14)20-10-5-11-25(22,23)19(20)17(18(15)21)13-6-3-2-4-7-13/h2-4,6-9,12H,5,10-11H2,1H3. The first-order valence-corrected chi connectivity index (χ1v) is 9.71. The number of benzene rings is 2. The molecule has 0 N–H and O–H groups in total. The van der Waals surface area contributed by atoms with Crippen molar-refractivity contribution in [1.29, 1.82) is 0 Å². The molecule has 1 aliphatic heterocycles. The third-order valence-corrected chi connectivity index (χ3v) is 6.42. The van der Waals surface area contributed by atoms with E-state index in [0.29, 0.717) is 35.2 Å². The van der Waals surface area contributed by atoms with Crippen molar-refractivity contribution in [3.8, 4) is 16.9 Å². The van der Waals surface area contributed by atoms with Crippen molar-refractivity contribution in [2.45, 2.75) is 18.0 Å². The van der Waals surface area contributed by atoms with Crippen LogP contribution in [0.15, 0.2) is 58.4 Å². The molecule has 1 aromatic heterocycles. The Morgan fingerprint density at radius 2 is 1.84 bits per heavy atom. The Balaban J connectivity index is 2.23. The molecule has 0 fully saturated rings. The van der Waals surface area contributed by atoms with Gasteiger partial charge in [-0.1, -0.05) is 30.3 Å². The van der Waals surface area contributed by atoms with E-state index in [1.165, 1.54) is 0 Å². The van der Waals surface area contributed by atoms with E-state index in [-0.39, 0.29) is 21.8 Å². The van der Waals surface area contributed by atoms with Gasteiger partial charge in [-0.2, -0.15) is 0 Å². The molecule has 0 amide bonds. The zero-order valence-corrected chi connectivity index (χ0v) is 14.5. The highest BCUT2D eigenvalue weighted by molar-refractivity contribution is 7.91. The number of methoxy groups -OCH3 is 1. The minimum absolute atomic E-state index is 0.0573. The number of hydrogen-bond acceptors (Lipinski definition) is 4. The molecule has 0 bridgehead atoms. The fraction of sp³-hybridized carbons (Fsp3) is 0.211. The van der Waals surface area contributed by atoms with Crippen LogP contribution >= 0.6 is 0 Å². The predicted octanol–water partition coefficient (Wildman–Crippen LogP) is 2.85. The van der Waals surface area contributed by atoms with Crippen LogP contribution in [0.25, 0.3) is 22.0 Å². The van der Waals surface area contributed by atoms with E-state index in [0.717, 1.165) is 0 Å². The molecule has 128 valence electrons. The summed E-state index contributed by atoms with van der Waals surface area (Å²) in [5.41, 5.74) is 1.22. The fourth-order valence-corrected chi connectivity index (χ4v) is 5.19. The number of fused-ring (bicyclic) bond motifs is 3. The van der Waals surface area contributed by atoms with Gasteiger partial charge in [-0.05, 0) is 24.1 Å². The number of hydrogen-bond donors (Lipinski definition) is 0. The van der Waals surface area contributed by atoms with E-state index in [9.17, 15) is 13.2 Å². The van der Waals surface area contributed by atoms with Gasteiger partial charge in [0, 0.05) is 18.0 Å². The maximum atomic E-state index is 13.2. The van der Waals surface area contributed by atoms with Crippen LogP contribution in [0.1, 0.15) is 6.42 Å². The maximum absolute atomic E-state index is 13.2. The van der Waals surface area contributed by atoms with Crippen LogP contribution in [0.4, 0.5) is 0 Å². The second kappa shape index (κ2) is 5.74. The molecule has 0 saturated carbocycles. The Labute approximate surface area is 145 Å². The molecular formula is C19H17NO4S. The van der Waals surface area contributed by atoms with Crippen LogP contribution in [0, 0.1) is 0 Å². The number of nitrogens with zero attached hydrogens (tertiary/aromatic N) is 1. The Morgan fingerprint density at radius 3 is 2.56 bits per heavy atom. The van der Waals surface area contributed by atoms with Gasteiger partial charge >= 0.3 is 0 Å². The van der Waals surface area contributed by atoms with Crippen LogP contribution in [0.5, 0.6) is 5.75 Å². The van der Waals surface area contributed by atoms with Crippen LogP contribution in [0.3, 0.4) is 0 Å². The van der Waals surface area contributed by atoms with E-state index in [2.05, 4.69) is 0 Å². The van der Waals surface area contributed by atoms with Crippen LogP contribution < -0.4 is 10.2 Å². The first kappa shape index (κ1) is 15.9. The highest BCUT2D eigenvalue weighted by Crippen LogP contribution is 2.33. The first-order valence-electron chi connectivity index (χ1n) is 8.05. The third-order valence-electron chi connectivity index (χ3n) is 4.58. The molecule has 3 aromatic rings. The summed E-state index contributed by atoms with van der Waals surface area (Å²) < 4.78 is 32.7. The summed E-state index contributed by atoms with van der Waals surface area (Å²) in [5, 5.41) is 0.621. The quantitative estimate of drug-likeness (QED) is 0.709. The largest absolute Gasteiger partial charge is 0.497 e. The van der Waals surface area contributed by atoms with Gasteiger partial charge in [-0.3, -0.25) is 4.79 Å². The van der Waals surface area contributed by atoms with Gasteiger partial charge in [0.1, 0.15) is 10.8 Å². The van der Waals surface area contributed by atoms with Crippen LogP contribution in [0.2, 0.25) is 0 Å². The minimum atomic E-state index is -3.53. The number of ether oxygens (including phenoxy) is 1. The van der Waals surface area contributed by atoms with Crippen molar-refractivity contribution in [2.24, 2.45) is 0 Å². The monoisotopic (exact) mass is 355 g/mol. The number of rotatable bonds is 2. The number of aryl methyl sites for hydroxylation is 1. The van der Waals surface area contributed by atoms with Gasteiger partial charge in [0.15, 0.2) is 15.3 Å². The summed E-state index contributed by atoms with van der Waals surface area (Å²) in [4.78, 5) is 13.2. The van der Waals surface area contributed by atoms with Crippen LogP contribution in [-0.4, -0.2) is 25.8 Å². The normalized spacial score (nSPS) is 15.7. The van der Waals surface area contributed by atoms with E-state index in [4.69, 9.17) is 4.74 Å². The lowest BCUT2D eigenvalue weighted by Gasteiger charge is -2.24. The molecule has 2 aromatic carbocycles. The summed E-state index contributed by atoms with van der Waals surface area (Å²) in [6, 6.07) is 14.2. The summed E-state index contributed by atoms with van der Waals surface area (Å²) in [7, 11) is -1.99. The molecule has 1 aliphatic rings. The molecule has 0 radical (unpaired) electrons. The molecule has 0 saturated heterocycles. The van der Waals surface area contributed by atoms with E-state index in [1.807, 2.05) is 6.07 Å². The molecule has 25 heavy (non-hydrogen) atoms. The Bertz CT molecular complexity index is 1130. The predicted molar refractivity (Wildman–Crippen MR) is 96.9 cm³/mol. The molecule has 0 aliphatic carbocycles. The number of pyridine rings is 1. The van der Waals surface area contributed by atoms with Crippen LogP contribution in [-0.2, 0) is 16.4 Å². The van der Waals surface area contributed by atoms with Crippen molar-refractivity contribution < 1.29 is 13.2 Å². The molecule has 2 heterocycles. The molecule has 0 spiro atoms. The zero-order valence-electron chi connectivity index (χ0n) is 13.7. The average Bonchev–Trinajstić information content (AvgIpc) is 2.63. The topological polar surface area (TPSA) is 65.4 Å². The summed E-state index contributed by atoms with van der Waals surface area (Å²) in [5.74, 6) is 0.652. The third kappa shape index (κ3) is 2.44. The molecule has 4 rings (SSSR count). The van der Waals surface area contributed by atoms with E-state index in [1.54, 1.807) is 54.1 Å². The number of sulfone groups is 1. The van der Waals surface area contributed by atoms with Crippen molar-refractivity contribution >= 4 is 20.7 Å². The summed E-state index contributed by atoms with van der Waals surface area (Å²) in [6.45, 7) is 0.554. The Morgan fingerprint density at radius 1 is 1.08 bits per heavy atom. The highest BCUT2D eigenvalue weighted by atomic mass is 32.2. The molecule has 5 nitrogen and oxygen atoms in total.